The number of rotatable bonds is 5. The Balaban J connectivity index is 1.73. The number of hydrogen-bond acceptors (Lipinski definition) is 5. The van der Waals surface area contributed by atoms with Crippen LogP contribution in [0, 0.1) is 24.7 Å². The number of carbonyl (C=O) groups excluding carboxylic acids is 1. The molecule has 7 heteroatoms. The topological polar surface area (TPSA) is 46.9 Å². The molecule has 1 atom stereocenters. The zero-order chi connectivity index (χ0) is 19.6. The number of para-hydroxylation sites is 1. The smallest absolute Gasteiger partial charge is 0.237 e. The molecule has 3 rings (SSSR count). The van der Waals surface area contributed by atoms with Gasteiger partial charge >= 0.3 is 0 Å². The van der Waals surface area contributed by atoms with Gasteiger partial charge in [-0.3, -0.25) is 4.79 Å². The second kappa shape index (κ2) is 8.37. The summed E-state index contributed by atoms with van der Waals surface area (Å²) in [5.74, 6) is -0.0458. The normalized spacial score (nSPS) is 12.0. The molecule has 0 spiro atoms. The third-order valence-corrected chi connectivity index (χ3v) is 6.58. The summed E-state index contributed by atoms with van der Waals surface area (Å²) in [6, 6.07) is 14.0. The molecule has 1 N–H and O–H groups in total. The van der Waals surface area contributed by atoms with Gasteiger partial charge in [-0.05, 0) is 63.2 Å². The fraction of sp³-hybridized carbons (Fsp3) is 0.250. The lowest BCUT2D eigenvalue weighted by molar-refractivity contribution is -0.115. The zero-order valence-electron chi connectivity index (χ0n) is 15.6. The predicted molar refractivity (Wildman–Crippen MR) is 117 cm³/mol. The lowest BCUT2D eigenvalue weighted by Gasteiger charge is -2.12. The van der Waals surface area contributed by atoms with E-state index in [1.807, 2.05) is 64.1 Å². The lowest BCUT2D eigenvalue weighted by atomic mass is 10.1. The molecule has 27 heavy (non-hydrogen) atoms. The molecule has 140 valence electrons. The van der Waals surface area contributed by atoms with Gasteiger partial charge in [0.2, 0.25) is 5.91 Å². The number of thioether (sulfide) groups is 1. The van der Waals surface area contributed by atoms with Crippen LogP contribution in [0.15, 0.2) is 46.8 Å². The highest BCUT2D eigenvalue weighted by molar-refractivity contribution is 8.02. The van der Waals surface area contributed by atoms with Crippen molar-refractivity contribution in [3.05, 3.63) is 63.1 Å². The molecule has 0 radical (unpaired) electrons. The van der Waals surface area contributed by atoms with E-state index in [9.17, 15) is 4.79 Å². The van der Waals surface area contributed by atoms with E-state index in [1.165, 1.54) is 28.7 Å². The maximum atomic E-state index is 12.6. The van der Waals surface area contributed by atoms with E-state index in [1.54, 1.807) is 4.68 Å². The van der Waals surface area contributed by atoms with E-state index >= 15 is 0 Å². The van der Waals surface area contributed by atoms with Crippen LogP contribution in [-0.2, 0) is 4.79 Å². The van der Waals surface area contributed by atoms with Crippen LogP contribution in [0.5, 0.6) is 0 Å². The van der Waals surface area contributed by atoms with Crippen molar-refractivity contribution in [3.63, 3.8) is 0 Å². The van der Waals surface area contributed by atoms with Gasteiger partial charge in [-0.2, -0.15) is 0 Å². The Morgan fingerprint density at radius 2 is 1.93 bits per heavy atom. The van der Waals surface area contributed by atoms with Crippen molar-refractivity contribution in [2.45, 2.75) is 37.3 Å². The highest BCUT2D eigenvalue weighted by Crippen LogP contribution is 2.29. The molecule has 0 bridgehead atoms. The average molecular weight is 416 g/mol. The molecule has 4 nitrogen and oxygen atoms in total. The molecule has 0 fully saturated rings. The summed E-state index contributed by atoms with van der Waals surface area (Å²) < 4.78 is 3.23. The van der Waals surface area contributed by atoms with Gasteiger partial charge in [0.15, 0.2) is 8.29 Å². The molecule has 0 aliphatic rings. The number of amides is 1. The third kappa shape index (κ3) is 4.66. The van der Waals surface area contributed by atoms with Crippen LogP contribution < -0.4 is 5.32 Å². The number of nitrogens with one attached hydrogen (secondary N) is 1. The highest BCUT2D eigenvalue weighted by Gasteiger charge is 2.18. The van der Waals surface area contributed by atoms with Crippen LogP contribution in [0.3, 0.4) is 0 Å². The van der Waals surface area contributed by atoms with Crippen molar-refractivity contribution < 1.29 is 4.79 Å². The minimum atomic E-state index is -0.281. The maximum Gasteiger partial charge on any atom is 0.237 e. The summed E-state index contributed by atoms with van der Waals surface area (Å²) >= 11 is 8.32. The molecule has 1 aromatic heterocycles. The van der Waals surface area contributed by atoms with Gasteiger partial charge in [0.1, 0.15) is 0 Å². The SMILES string of the molecule is Cc1ccc(NC(=O)[C@H](C)Sc2nn(-c3ccccc3C)c(=S)s2)c(C)c1. The van der Waals surface area contributed by atoms with Gasteiger partial charge < -0.3 is 5.32 Å². The second-order valence-electron chi connectivity index (χ2n) is 6.40. The number of hydrogen-bond donors (Lipinski definition) is 1. The number of carbonyl (C=O) groups is 1. The van der Waals surface area contributed by atoms with Crippen molar-refractivity contribution >= 4 is 46.9 Å². The molecule has 0 unspecified atom stereocenters. The van der Waals surface area contributed by atoms with E-state index < -0.39 is 0 Å². The zero-order valence-corrected chi connectivity index (χ0v) is 18.1. The summed E-state index contributed by atoms with van der Waals surface area (Å²) in [5.41, 5.74) is 5.15. The first kappa shape index (κ1) is 19.8. The van der Waals surface area contributed by atoms with Gasteiger partial charge in [0, 0.05) is 5.69 Å². The molecule has 0 saturated carbocycles. The summed E-state index contributed by atoms with van der Waals surface area (Å²) in [7, 11) is 0. The quantitative estimate of drug-likeness (QED) is 0.428. The molecule has 0 aliphatic heterocycles. The van der Waals surface area contributed by atoms with Gasteiger partial charge in [-0.25, -0.2) is 4.68 Å². The molecular formula is C20H21N3OS3. The van der Waals surface area contributed by atoms with E-state index in [0.29, 0.717) is 3.95 Å². The Hall–Kier alpha value is -1.96. The molecular weight excluding hydrogens is 394 g/mol. The largest absolute Gasteiger partial charge is 0.325 e. The fourth-order valence-corrected chi connectivity index (χ4v) is 5.15. The van der Waals surface area contributed by atoms with Crippen LogP contribution in [0.4, 0.5) is 5.69 Å². The van der Waals surface area contributed by atoms with E-state index in [4.69, 9.17) is 12.2 Å². The average Bonchev–Trinajstić information content (AvgIpc) is 2.97. The van der Waals surface area contributed by atoms with Gasteiger partial charge in [0.25, 0.3) is 0 Å². The van der Waals surface area contributed by atoms with Crippen molar-refractivity contribution in [1.82, 2.24) is 9.78 Å². The first-order chi connectivity index (χ1) is 12.8. The molecule has 0 saturated heterocycles. The van der Waals surface area contributed by atoms with Crippen molar-refractivity contribution in [2.75, 3.05) is 5.32 Å². The minimum Gasteiger partial charge on any atom is -0.325 e. The molecule has 0 aliphatic carbocycles. The van der Waals surface area contributed by atoms with Crippen molar-refractivity contribution in [3.8, 4) is 5.69 Å². The predicted octanol–water partition coefficient (Wildman–Crippen LogP) is 5.71. The van der Waals surface area contributed by atoms with Gasteiger partial charge in [-0.1, -0.05) is 59.0 Å². The number of benzene rings is 2. The third-order valence-electron chi connectivity index (χ3n) is 4.16. The highest BCUT2D eigenvalue weighted by atomic mass is 32.2. The van der Waals surface area contributed by atoms with Crippen LogP contribution in [-0.4, -0.2) is 20.9 Å². The Morgan fingerprint density at radius 1 is 1.19 bits per heavy atom. The standard InChI is InChI=1S/C20H21N3OS3/c1-12-9-10-16(14(3)11-12)21-18(24)15(4)26-19-22-23(20(25)27-19)17-8-6-5-7-13(17)2/h5-11,15H,1-4H3,(H,21,24)/t15-/m0/s1. The molecule has 1 heterocycles. The summed E-state index contributed by atoms with van der Waals surface area (Å²) in [5, 5.41) is 7.34. The Labute approximate surface area is 172 Å². The lowest BCUT2D eigenvalue weighted by Crippen LogP contribution is -2.22. The molecule has 2 aromatic carbocycles. The van der Waals surface area contributed by atoms with Crippen LogP contribution in [0.2, 0.25) is 0 Å². The van der Waals surface area contributed by atoms with Crippen molar-refractivity contribution in [2.24, 2.45) is 0 Å². The van der Waals surface area contributed by atoms with Gasteiger partial charge in [-0.15, -0.1) is 5.10 Å². The monoisotopic (exact) mass is 415 g/mol. The maximum absolute atomic E-state index is 12.6. The second-order valence-corrected chi connectivity index (χ2v) is 9.61. The number of aromatic nitrogens is 2. The first-order valence-electron chi connectivity index (χ1n) is 8.56. The number of anilines is 1. The Morgan fingerprint density at radius 3 is 2.63 bits per heavy atom. The minimum absolute atomic E-state index is 0.0458. The van der Waals surface area contributed by atoms with Crippen molar-refractivity contribution in [1.29, 1.82) is 0 Å². The summed E-state index contributed by atoms with van der Waals surface area (Å²) in [6.45, 7) is 7.95. The van der Waals surface area contributed by atoms with Crippen LogP contribution >= 0.6 is 35.3 Å². The molecule has 3 aromatic rings. The van der Waals surface area contributed by atoms with Crippen LogP contribution in [0.25, 0.3) is 5.69 Å². The fourth-order valence-electron chi connectivity index (χ4n) is 2.65. The summed E-state index contributed by atoms with van der Waals surface area (Å²) in [6.07, 6.45) is 0. The number of nitrogens with zero attached hydrogens (tertiary/aromatic N) is 2. The van der Waals surface area contributed by atoms with Crippen LogP contribution in [0.1, 0.15) is 23.6 Å². The molecule has 1 amide bonds. The van der Waals surface area contributed by atoms with Gasteiger partial charge in [0.05, 0.1) is 10.9 Å². The van der Waals surface area contributed by atoms with E-state index in [-0.39, 0.29) is 11.2 Å². The van der Waals surface area contributed by atoms with E-state index in [0.717, 1.165) is 26.8 Å². The Kier molecular flexibility index (Phi) is 6.14. The summed E-state index contributed by atoms with van der Waals surface area (Å²) in [4.78, 5) is 12.6. The number of aryl methyl sites for hydroxylation is 3. The first-order valence-corrected chi connectivity index (χ1v) is 10.7. The van der Waals surface area contributed by atoms with E-state index in [2.05, 4.69) is 16.5 Å². The Bertz CT molecular complexity index is 1040.